The Bertz CT molecular complexity index is 551. The first-order valence-electron chi connectivity index (χ1n) is 5.91. The third kappa shape index (κ3) is 4.17. The maximum absolute atomic E-state index is 12.7. The lowest BCUT2D eigenvalue weighted by Crippen LogP contribution is -1.95. The van der Waals surface area contributed by atoms with Crippen molar-refractivity contribution in [2.24, 2.45) is 0 Å². The molecule has 0 saturated carbocycles. The number of rotatable bonds is 6. The average molecular weight is 264 g/mol. The van der Waals surface area contributed by atoms with Crippen molar-refractivity contribution in [3.63, 3.8) is 0 Å². The molecule has 1 aromatic heterocycles. The van der Waals surface area contributed by atoms with Crippen LogP contribution in [0.2, 0.25) is 0 Å². The van der Waals surface area contributed by atoms with E-state index in [0.29, 0.717) is 31.0 Å². The van der Waals surface area contributed by atoms with Gasteiger partial charge in [-0.1, -0.05) is 12.1 Å². The molecule has 0 spiro atoms. The summed E-state index contributed by atoms with van der Waals surface area (Å²) < 4.78 is 18.1. The van der Waals surface area contributed by atoms with Crippen LogP contribution in [0.1, 0.15) is 30.2 Å². The summed E-state index contributed by atoms with van der Waals surface area (Å²) in [7, 11) is 0. The molecule has 0 bridgehead atoms. The molecule has 0 unspecified atom stereocenters. The van der Waals surface area contributed by atoms with Crippen molar-refractivity contribution in [3.8, 4) is 0 Å². The second kappa shape index (κ2) is 6.08. The third-order valence-corrected chi connectivity index (χ3v) is 2.56. The highest BCUT2D eigenvalue weighted by molar-refractivity contribution is 5.66. The number of carboxylic acids is 1. The summed E-state index contributed by atoms with van der Waals surface area (Å²) in [6, 6.07) is 6.06. The minimum absolute atomic E-state index is 0.0790. The van der Waals surface area contributed by atoms with Gasteiger partial charge in [-0.3, -0.25) is 4.79 Å². The predicted molar refractivity (Wildman–Crippen MR) is 64.1 cm³/mol. The van der Waals surface area contributed by atoms with Crippen molar-refractivity contribution >= 4 is 5.97 Å². The number of benzene rings is 1. The normalized spacial score (nSPS) is 10.6. The van der Waals surface area contributed by atoms with Gasteiger partial charge in [0.2, 0.25) is 11.8 Å². The van der Waals surface area contributed by atoms with Gasteiger partial charge in [0.1, 0.15) is 5.82 Å². The Morgan fingerprint density at radius 1 is 1.21 bits per heavy atom. The summed E-state index contributed by atoms with van der Waals surface area (Å²) in [5.74, 6) is -0.259. The Labute approximate surface area is 109 Å². The number of carboxylic acid groups (broad SMARTS) is 1. The average Bonchev–Trinajstić information content (AvgIpc) is 2.79. The topological polar surface area (TPSA) is 76.2 Å². The molecule has 2 aromatic rings. The first-order chi connectivity index (χ1) is 9.13. The van der Waals surface area contributed by atoms with Crippen LogP contribution < -0.4 is 0 Å². The van der Waals surface area contributed by atoms with Crippen molar-refractivity contribution in [2.75, 3.05) is 0 Å². The van der Waals surface area contributed by atoms with Gasteiger partial charge in [0.15, 0.2) is 0 Å². The van der Waals surface area contributed by atoms with Gasteiger partial charge in [0.25, 0.3) is 0 Å². The van der Waals surface area contributed by atoms with Gasteiger partial charge in [-0.25, -0.2) is 4.39 Å². The SMILES string of the molecule is O=C(O)CCCc1nnc(Cc2ccc(F)cc2)o1. The van der Waals surface area contributed by atoms with Crippen LogP contribution in [-0.2, 0) is 17.6 Å². The van der Waals surface area contributed by atoms with Gasteiger partial charge >= 0.3 is 5.97 Å². The van der Waals surface area contributed by atoms with E-state index in [2.05, 4.69) is 10.2 Å². The molecule has 1 heterocycles. The van der Waals surface area contributed by atoms with Crippen LogP contribution in [0.3, 0.4) is 0 Å². The Balaban J connectivity index is 1.90. The minimum atomic E-state index is -0.842. The maximum atomic E-state index is 12.7. The van der Waals surface area contributed by atoms with E-state index in [0.717, 1.165) is 5.56 Å². The van der Waals surface area contributed by atoms with Gasteiger partial charge < -0.3 is 9.52 Å². The monoisotopic (exact) mass is 264 g/mol. The van der Waals surface area contributed by atoms with Crippen molar-refractivity contribution < 1.29 is 18.7 Å². The summed E-state index contributed by atoms with van der Waals surface area (Å²) in [6.07, 6.45) is 1.43. The van der Waals surface area contributed by atoms with E-state index < -0.39 is 5.97 Å². The number of hydrogen-bond donors (Lipinski definition) is 1. The molecule has 0 radical (unpaired) electrons. The van der Waals surface area contributed by atoms with Crippen molar-refractivity contribution in [3.05, 3.63) is 47.4 Å². The molecule has 0 amide bonds. The largest absolute Gasteiger partial charge is 0.481 e. The number of aliphatic carboxylic acids is 1. The van der Waals surface area contributed by atoms with E-state index in [1.54, 1.807) is 12.1 Å². The van der Waals surface area contributed by atoms with E-state index in [1.165, 1.54) is 12.1 Å². The minimum Gasteiger partial charge on any atom is -0.481 e. The van der Waals surface area contributed by atoms with Gasteiger partial charge in [-0.05, 0) is 24.1 Å². The number of carbonyl (C=O) groups is 1. The molecule has 0 aliphatic carbocycles. The second-order valence-electron chi connectivity index (χ2n) is 4.14. The van der Waals surface area contributed by atoms with Crippen LogP contribution in [0.4, 0.5) is 4.39 Å². The zero-order valence-electron chi connectivity index (χ0n) is 10.2. The molecule has 1 N–H and O–H groups in total. The molecule has 5 nitrogen and oxygen atoms in total. The van der Waals surface area contributed by atoms with Crippen LogP contribution in [0.5, 0.6) is 0 Å². The highest BCUT2D eigenvalue weighted by Crippen LogP contribution is 2.11. The number of hydrogen-bond acceptors (Lipinski definition) is 4. The van der Waals surface area contributed by atoms with E-state index in [1.807, 2.05) is 0 Å². The first kappa shape index (κ1) is 13.2. The Kier molecular flexibility index (Phi) is 4.22. The Morgan fingerprint density at radius 2 is 1.89 bits per heavy atom. The molecule has 0 aliphatic rings. The molecule has 0 aliphatic heterocycles. The Morgan fingerprint density at radius 3 is 2.58 bits per heavy atom. The summed E-state index contributed by atoms with van der Waals surface area (Å²) in [4.78, 5) is 10.4. The van der Waals surface area contributed by atoms with Gasteiger partial charge in [0.05, 0.1) is 6.42 Å². The predicted octanol–water partition coefficient (Wildman–Crippen LogP) is 2.21. The van der Waals surface area contributed by atoms with E-state index >= 15 is 0 Å². The molecule has 19 heavy (non-hydrogen) atoms. The number of nitrogens with zero attached hydrogens (tertiary/aromatic N) is 2. The fourth-order valence-corrected chi connectivity index (χ4v) is 1.63. The highest BCUT2D eigenvalue weighted by atomic mass is 19.1. The second-order valence-corrected chi connectivity index (χ2v) is 4.14. The number of aromatic nitrogens is 2. The first-order valence-corrected chi connectivity index (χ1v) is 5.91. The molecular formula is C13H13FN2O3. The zero-order valence-corrected chi connectivity index (χ0v) is 10.2. The summed E-state index contributed by atoms with van der Waals surface area (Å²) in [6.45, 7) is 0. The third-order valence-electron chi connectivity index (χ3n) is 2.56. The fraction of sp³-hybridized carbons (Fsp3) is 0.308. The lowest BCUT2D eigenvalue weighted by atomic mass is 10.1. The molecule has 0 saturated heterocycles. The van der Waals surface area contributed by atoms with E-state index in [9.17, 15) is 9.18 Å². The summed E-state index contributed by atoms with van der Waals surface area (Å²) in [5, 5.41) is 16.2. The quantitative estimate of drug-likeness (QED) is 0.865. The maximum Gasteiger partial charge on any atom is 0.303 e. The lowest BCUT2D eigenvalue weighted by molar-refractivity contribution is -0.137. The van der Waals surface area contributed by atoms with E-state index in [4.69, 9.17) is 9.52 Å². The highest BCUT2D eigenvalue weighted by Gasteiger charge is 2.08. The van der Waals surface area contributed by atoms with Gasteiger partial charge in [0, 0.05) is 12.8 Å². The van der Waals surface area contributed by atoms with Crippen LogP contribution in [0, 0.1) is 5.82 Å². The van der Waals surface area contributed by atoms with Crippen LogP contribution >= 0.6 is 0 Å². The molecule has 2 rings (SSSR count). The molecule has 0 fully saturated rings. The lowest BCUT2D eigenvalue weighted by Gasteiger charge is -1.96. The zero-order chi connectivity index (χ0) is 13.7. The Hall–Kier alpha value is -2.24. The van der Waals surface area contributed by atoms with Crippen molar-refractivity contribution in [2.45, 2.75) is 25.7 Å². The molecule has 1 aromatic carbocycles. The standard InChI is InChI=1S/C13H13FN2O3/c14-10-6-4-9(5-7-10)8-12-16-15-11(19-12)2-1-3-13(17)18/h4-7H,1-3,8H2,(H,17,18). The fourth-order valence-electron chi connectivity index (χ4n) is 1.63. The van der Waals surface area contributed by atoms with Gasteiger partial charge in [-0.2, -0.15) is 0 Å². The number of aryl methyl sites for hydroxylation is 1. The molecule has 6 heteroatoms. The van der Waals surface area contributed by atoms with Crippen LogP contribution in [0.15, 0.2) is 28.7 Å². The molecule has 100 valence electrons. The smallest absolute Gasteiger partial charge is 0.303 e. The van der Waals surface area contributed by atoms with Crippen LogP contribution in [0.25, 0.3) is 0 Å². The number of halogens is 1. The summed E-state index contributed by atoms with van der Waals surface area (Å²) >= 11 is 0. The summed E-state index contributed by atoms with van der Waals surface area (Å²) in [5.41, 5.74) is 0.877. The van der Waals surface area contributed by atoms with E-state index in [-0.39, 0.29) is 12.2 Å². The van der Waals surface area contributed by atoms with Crippen LogP contribution in [-0.4, -0.2) is 21.3 Å². The molecular weight excluding hydrogens is 251 g/mol. The van der Waals surface area contributed by atoms with Crippen molar-refractivity contribution in [1.82, 2.24) is 10.2 Å². The van der Waals surface area contributed by atoms with Crippen molar-refractivity contribution in [1.29, 1.82) is 0 Å². The molecule has 0 atom stereocenters. The van der Waals surface area contributed by atoms with Gasteiger partial charge in [-0.15, -0.1) is 10.2 Å².